The molecule has 1 heterocycles. The molecule has 0 saturated heterocycles. The van der Waals surface area contributed by atoms with Gasteiger partial charge in [-0.2, -0.15) is 0 Å². The van der Waals surface area contributed by atoms with Crippen LogP contribution in [-0.2, 0) is 4.57 Å². The van der Waals surface area contributed by atoms with Gasteiger partial charge in [0.1, 0.15) is 7.14 Å². The maximum absolute atomic E-state index is 12.3. The smallest absolute Gasteiger partial charge is 0.137 e. The van der Waals surface area contributed by atoms with Crippen LogP contribution in [0.1, 0.15) is 6.42 Å². The molecule has 3 heteroatoms. The molecule has 0 N–H and O–H groups in total. The van der Waals surface area contributed by atoms with Crippen LogP contribution in [0.3, 0.4) is 0 Å². The number of rotatable bonds is 1. The Labute approximate surface area is 86.4 Å². The second kappa shape index (κ2) is 3.43. The van der Waals surface area contributed by atoms with Gasteiger partial charge in [0.25, 0.3) is 0 Å². The summed E-state index contributed by atoms with van der Waals surface area (Å²) < 4.78 is 13.4. The first-order valence-corrected chi connectivity index (χ1v) is 6.98. The Morgan fingerprint density at radius 2 is 1.92 bits per heavy atom. The van der Waals surface area contributed by atoms with E-state index in [2.05, 4.69) is 15.9 Å². The summed E-state index contributed by atoms with van der Waals surface area (Å²) in [5.74, 6) is 1.89. The van der Waals surface area contributed by atoms with Gasteiger partial charge < -0.3 is 4.57 Å². The molecule has 0 amide bonds. The molecule has 0 saturated carbocycles. The molecule has 2 rings (SSSR count). The van der Waals surface area contributed by atoms with Crippen LogP contribution < -0.4 is 5.30 Å². The van der Waals surface area contributed by atoms with E-state index < -0.39 is 7.14 Å². The van der Waals surface area contributed by atoms with E-state index in [9.17, 15) is 4.57 Å². The van der Waals surface area contributed by atoms with Gasteiger partial charge in [-0.3, -0.25) is 0 Å². The molecule has 1 unspecified atom stereocenters. The van der Waals surface area contributed by atoms with Crippen LogP contribution in [0.25, 0.3) is 0 Å². The third-order valence-electron chi connectivity index (χ3n) is 2.22. The zero-order valence-corrected chi connectivity index (χ0v) is 9.59. The van der Waals surface area contributed by atoms with E-state index >= 15 is 0 Å². The summed E-state index contributed by atoms with van der Waals surface area (Å²) in [6.45, 7) is 0. The molecule has 1 nitrogen and oxygen atoms in total. The SMILES string of the molecule is O=P1(c2ccccc2)C=C(Br)CC1. The quantitative estimate of drug-likeness (QED) is 0.705. The maximum atomic E-state index is 12.3. The molecule has 0 aliphatic carbocycles. The Hall–Kier alpha value is -0.330. The zero-order chi connectivity index (χ0) is 9.31. The molecular formula is C10H10BrOP. The third kappa shape index (κ3) is 1.79. The van der Waals surface area contributed by atoms with Crippen LogP contribution in [0.2, 0.25) is 0 Å². The first-order valence-electron chi connectivity index (χ1n) is 4.22. The average Bonchev–Trinajstić information content (AvgIpc) is 2.49. The summed E-state index contributed by atoms with van der Waals surface area (Å²) >= 11 is 3.40. The van der Waals surface area contributed by atoms with Gasteiger partial charge in [-0.15, -0.1) is 0 Å². The predicted molar refractivity (Wildman–Crippen MR) is 60.2 cm³/mol. The first kappa shape index (κ1) is 9.23. The molecule has 1 aliphatic heterocycles. The molecule has 1 aliphatic rings. The molecule has 0 aromatic heterocycles. The highest BCUT2D eigenvalue weighted by atomic mass is 79.9. The lowest BCUT2D eigenvalue weighted by atomic mass is 10.4. The van der Waals surface area contributed by atoms with Crippen molar-refractivity contribution in [2.75, 3.05) is 6.16 Å². The van der Waals surface area contributed by atoms with E-state index in [1.807, 2.05) is 36.1 Å². The number of allylic oxidation sites excluding steroid dienone is 1. The fourth-order valence-corrected chi connectivity index (χ4v) is 5.38. The molecule has 13 heavy (non-hydrogen) atoms. The van der Waals surface area contributed by atoms with Crippen molar-refractivity contribution < 1.29 is 4.57 Å². The Kier molecular flexibility index (Phi) is 2.44. The molecule has 1 aromatic rings. The van der Waals surface area contributed by atoms with Gasteiger partial charge in [-0.1, -0.05) is 46.3 Å². The van der Waals surface area contributed by atoms with Gasteiger partial charge in [0.05, 0.1) is 0 Å². The van der Waals surface area contributed by atoms with Crippen molar-refractivity contribution in [2.24, 2.45) is 0 Å². The first-order chi connectivity index (χ1) is 6.21. The lowest BCUT2D eigenvalue weighted by Gasteiger charge is -2.07. The van der Waals surface area contributed by atoms with E-state index in [1.165, 1.54) is 0 Å². The molecule has 1 aromatic carbocycles. The van der Waals surface area contributed by atoms with Crippen LogP contribution in [0, 0.1) is 0 Å². The second-order valence-electron chi connectivity index (χ2n) is 3.18. The monoisotopic (exact) mass is 256 g/mol. The van der Waals surface area contributed by atoms with Crippen molar-refractivity contribution in [2.45, 2.75) is 6.42 Å². The fourth-order valence-electron chi connectivity index (χ4n) is 1.51. The van der Waals surface area contributed by atoms with Crippen molar-refractivity contribution in [3.05, 3.63) is 40.6 Å². The fraction of sp³-hybridized carbons (Fsp3) is 0.200. The minimum Gasteiger partial charge on any atom is -0.314 e. The van der Waals surface area contributed by atoms with Crippen molar-refractivity contribution >= 4 is 28.4 Å². The highest BCUT2D eigenvalue weighted by Gasteiger charge is 2.27. The Morgan fingerprint density at radius 3 is 2.46 bits per heavy atom. The van der Waals surface area contributed by atoms with Crippen molar-refractivity contribution in [1.29, 1.82) is 0 Å². The van der Waals surface area contributed by atoms with Crippen molar-refractivity contribution in [3.63, 3.8) is 0 Å². The van der Waals surface area contributed by atoms with Crippen LogP contribution in [0.4, 0.5) is 0 Å². The average molecular weight is 257 g/mol. The minimum absolute atomic E-state index is 0.775. The summed E-state index contributed by atoms with van der Waals surface area (Å²) in [7, 11) is -2.19. The summed E-state index contributed by atoms with van der Waals surface area (Å²) in [6.07, 6.45) is 1.68. The molecule has 0 fully saturated rings. The minimum atomic E-state index is -2.19. The standard InChI is InChI=1S/C10H10BrOP/c11-9-6-7-13(12,8-9)10-4-2-1-3-5-10/h1-5,8H,6-7H2. The van der Waals surface area contributed by atoms with Gasteiger partial charge in [-0.25, -0.2) is 0 Å². The summed E-state index contributed by atoms with van der Waals surface area (Å²) in [6, 6.07) is 9.72. The highest BCUT2D eigenvalue weighted by Crippen LogP contribution is 2.54. The van der Waals surface area contributed by atoms with E-state index in [-0.39, 0.29) is 0 Å². The van der Waals surface area contributed by atoms with Gasteiger partial charge in [0, 0.05) is 11.5 Å². The highest BCUT2D eigenvalue weighted by molar-refractivity contribution is 9.11. The molecular weight excluding hydrogens is 247 g/mol. The van der Waals surface area contributed by atoms with Crippen LogP contribution in [0.15, 0.2) is 40.6 Å². The Bertz CT molecular complexity index is 383. The van der Waals surface area contributed by atoms with E-state index in [0.717, 1.165) is 22.4 Å². The summed E-state index contributed by atoms with van der Waals surface area (Å²) in [5, 5.41) is 0.976. The molecule has 68 valence electrons. The molecule has 0 spiro atoms. The lowest BCUT2D eigenvalue weighted by molar-refractivity contribution is 0.587. The number of hydrogen-bond acceptors (Lipinski definition) is 1. The lowest BCUT2D eigenvalue weighted by Crippen LogP contribution is -2.01. The number of halogens is 1. The van der Waals surface area contributed by atoms with Gasteiger partial charge in [0.2, 0.25) is 0 Å². The van der Waals surface area contributed by atoms with Crippen LogP contribution >= 0.6 is 23.1 Å². The maximum Gasteiger partial charge on any atom is 0.137 e. The normalized spacial score (nSPS) is 27.3. The van der Waals surface area contributed by atoms with Gasteiger partial charge in [0.15, 0.2) is 0 Å². The summed E-state index contributed by atoms with van der Waals surface area (Å²) in [5.41, 5.74) is 0. The molecule has 1 atom stereocenters. The third-order valence-corrected chi connectivity index (χ3v) is 5.99. The van der Waals surface area contributed by atoms with E-state index in [0.29, 0.717) is 0 Å². The van der Waals surface area contributed by atoms with Crippen molar-refractivity contribution in [1.82, 2.24) is 0 Å². The van der Waals surface area contributed by atoms with Gasteiger partial charge in [-0.05, 0) is 16.7 Å². The topological polar surface area (TPSA) is 17.1 Å². The van der Waals surface area contributed by atoms with E-state index in [4.69, 9.17) is 0 Å². The molecule has 0 bridgehead atoms. The van der Waals surface area contributed by atoms with Crippen LogP contribution in [0.5, 0.6) is 0 Å². The number of benzene rings is 1. The largest absolute Gasteiger partial charge is 0.314 e. The summed E-state index contributed by atoms with van der Waals surface area (Å²) in [4.78, 5) is 0. The zero-order valence-electron chi connectivity index (χ0n) is 7.11. The Morgan fingerprint density at radius 1 is 1.23 bits per heavy atom. The second-order valence-corrected chi connectivity index (χ2v) is 7.01. The van der Waals surface area contributed by atoms with Crippen molar-refractivity contribution in [3.8, 4) is 0 Å². The Balaban J connectivity index is 2.43. The van der Waals surface area contributed by atoms with Crippen LogP contribution in [-0.4, -0.2) is 6.16 Å². The predicted octanol–water partition coefficient (Wildman–Crippen LogP) is 3.32. The molecule has 0 radical (unpaired) electrons. The number of hydrogen-bond donors (Lipinski definition) is 0. The van der Waals surface area contributed by atoms with Gasteiger partial charge >= 0.3 is 0 Å². The van der Waals surface area contributed by atoms with E-state index in [1.54, 1.807) is 0 Å².